The molecule has 2 rings (SSSR count). The molecule has 0 aromatic heterocycles. The van der Waals surface area contributed by atoms with Gasteiger partial charge in [-0.2, -0.15) is 13.2 Å². The van der Waals surface area contributed by atoms with Crippen LogP contribution in [0.4, 0.5) is 13.2 Å². The monoisotopic (exact) mass is 468 g/mol. The van der Waals surface area contributed by atoms with Gasteiger partial charge in [0.15, 0.2) is 6.61 Å². The lowest BCUT2D eigenvalue weighted by Crippen LogP contribution is -2.14. The number of esters is 1. The Morgan fingerprint density at radius 2 is 1.69 bits per heavy atom. The summed E-state index contributed by atoms with van der Waals surface area (Å²) in [5.41, 5.74) is 2.35. The van der Waals surface area contributed by atoms with E-state index in [1.807, 2.05) is 39.0 Å². The summed E-state index contributed by atoms with van der Waals surface area (Å²) < 4.78 is 54.1. The van der Waals surface area contributed by atoms with Gasteiger partial charge in [-0.05, 0) is 81.3 Å². The Labute approximate surface area is 190 Å². The fourth-order valence-corrected chi connectivity index (χ4v) is 3.76. The van der Waals surface area contributed by atoms with Crippen LogP contribution in [0.1, 0.15) is 31.9 Å². The number of carbonyl (C=O) groups is 1. The Balaban J connectivity index is 1.92. The van der Waals surface area contributed by atoms with Crippen molar-refractivity contribution >= 4 is 17.7 Å². The number of aryl methyl sites for hydroxylation is 1. The molecule has 8 heteroatoms. The summed E-state index contributed by atoms with van der Waals surface area (Å²) in [6.07, 6.45) is -4.36. The highest BCUT2D eigenvalue weighted by atomic mass is 32.2. The van der Waals surface area contributed by atoms with Gasteiger partial charge in [0.25, 0.3) is 0 Å². The zero-order chi connectivity index (χ0) is 23.7. The van der Waals surface area contributed by atoms with Crippen LogP contribution in [0.2, 0.25) is 0 Å². The van der Waals surface area contributed by atoms with Crippen molar-refractivity contribution in [3.8, 4) is 11.5 Å². The first-order chi connectivity index (χ1) is 15.1. The molecule has 0 heterocycles. The lowest BCUT2D eigenvalue weighted by atomic mass is 10.2. The van der Waals surface area contributed by atoms with Gasteiger partial charge >= 0.3 is 12.1 Å². The number of halogens is 3. The maximum atomic E-state index is 12.7. The first-order valence-corrected chi connectivity index (χ1v) is 11.1. The number of ether oxygens (including phenoxy) is 3. The van der Waals surface area contributed by atoms with Crippen molar-refractivity contribution in [2.24, 2.45) is 0 Å². The molecule has 0 aliphatic carbocycles. The van der Waals surface area contributed by atoms with Crippen molar-refractivity contribution in [3.63, 3.8) is 0 Å². The molecule has 2 aromatic rings. The molecule has 0 saturated heterocycles. The van der Waals surface area contributed by atoms with Gasteiger partial charge < -0.3 is 14.2 Å². The van der Waals surface area contributed by atoms with E-state index in [1.165, 1.54) is 12.1 Å². The van der Waals surface area contributed by atoms with Crippen molar-refractivity contribution in [2.75, 3.05) is 25.6 Å². The molecule has 2 aromatic carbocycles. The Bertz CT molecular complexity index is 933. The summed E-state index contributed by atoms with van der Waals surface area (Å²) in [6.45, 7) is 8.06. The number of hydrogen-bond donors (Lipinski definition) is 0. The van der Waals surface area contributed by atoms with Gasteiger partial charge in [0, 0.05) is 10.6 Å². The third kappa shape index (κ3) is 8.15. The summed E-state index contributed by atoms with van der Waals surface area (Å²) in [4.78, 5) is 12.5. The first kappa shape index (κ1) is 25.6. The van der Waals surface area contributed by atoms with Gasteiger partial charge in [-0.15, -0.1) is 11.8 Å². The predicted molar refractivity (Wildman–Crippen MR) is 119 cm³/mol. The third-order valence-electron chi connectivity index (χ3n) is 4.51. The van der Waals surface area contributed by atoms with E-state index in [2.05, 4.69) is 0 Å². The Hall–Kier alpha value is -2.61. The van der Waals surface area contributed by atoms with E-state index in [1.54, 1.807) is 18.7 Å². The predicted octanol–water partition coefficient (Wildman–Crippen LogP) is 6.46. The van der Waals surface area contributed by atoms with Gasteiger partial charge in [-0.3, -0.25) is 0 Å². The molecule has 174 valence electrons. The van der Waals surface area contributed by atoms with Gasteiger partial charge in [0.1, 0.15) is 18.1 Å². The quantitative estimate of drug-likeness (QED) is 0.227. The van der Waals surface area contributed by atoms with Gasteiger partial charge in [0.05, 0.1) is 12.2 Å². The van der Waals surface area contributed by atoms with Crippen molar-refractivity contribution in [1.82, 2.24) is 0 Å². The van der Waals surface area contributed by atoms with Gasteiger partial charge in [-0.1, -0.05) is 5.57 Å². The molecule has 32 heavy (non-hydrogen) atoms. The maximum absolute atomic E-state index is 12.7. The second kappa shape index (κ2) is 11.9. The molecule has 0 radical (unpaired) electrons. The van der Waals surface area contributed by atoms with Crippen LogP contribution in [0.15, 0.2) is 58.5 Å². The summed E-state index contributed by atoms with van der Waals surface area (Å²) in [5, 5.41) is 0. The van der Waals surface area contributed by atoms with Crippen molar-refractivity contribution in [1.29, 1.82) is 0 Å². The van der Waals surface area contributed by atoms with Crippen LogP contribution >= 0.6 is 11.8 Å². The van der Waals surface area contributed by atoms with Crippen molar-refractivity contribution in [2.45, 2.75) is 38.8 Å². The lowest BCUT2D eigenvalue weighted by molar-refractivity contribution is -0.145. The molecule has 0 bridgehead atoms. The molecule has 0 fully saturated rings. The van der Waals surface area contributed by atoms with Gasteiger partial charge in [0.2, 0.25) is 0 Å². The zero-order valence-corrected chi connectivity index (χ0v) is 19.4. The van der Waals surface area contributed by atoms with E-state index in [4.69, 9.17) is 14.2 Å². The normalized spacial score (nSPS) is 11.1. The summed E-state index contributed by atoms with van der Waals surface area (Å²) in [7, 11) is 0. The smallest absolute Gasteiger partial charge is 0.416 e. The van der Waals surface area contributed by atoms with E-state index >= 15 is 0 Å². The van der Waals surface area contributed by atoms with Gasteiger partial charge in [-0.25, -0.2) is 4.79 Å². The molecule has 4 nitrogen and oxygen atoms in total. The fourth-order valence-electron chi connectivity index (χ4n) is 2.62. The molecule has 0 amide bonds. The van der Waals surface area contributed by atoms with Crippen LogP contribution < -0.4 is 9.47 Å². The average molecular weight is 469 g/mol. The molecule has 0 aliphatic rings. The largest absolute Gasteiger partial charge is 0.489 e. The number of allylic oxidation sites excluding steroid dienone is 1. The number of carbonyl (C=O) groups excluding carboxylic acids is 1. The third-order valence-corrected chi connectivity index (χ3v) is 5.59. The van der Waals surface area contributed by atoms with Crippen LogP contribution in [0.25, 0.3) is 0 Å². The number of benzene rings is 2. The van der Waals surface area contributed by atoms with Crippen molar-refractivity contribution < 1.29 is 32.2 Å². The highest BCUT2D eigenvalue weighted by Gasteiger charge is 2.30. The van der Waals surface area contributed by atoms with Crippen molar-refractivity contribution in [3.05, 3.63) is 64.7 Å². The Morgan fingerprint density at radius 3 is 2.25 bits per heavy atom. The highest BCUT2D eigenvalue weighted by Crippen LogP contribution is 2.31. The van der Waals surface area contributed by atoms with Crippen LogP contribution in [-0.4, -0.2) is 31.5 Å². The van der Waals surface area contributed by atoms with Crippen LogP contribution in [0, 0.1) is 6.92 Å². The minimum Gasteiger partial charge on any atom is -0.489 e. The van der Waals surface area contributed by atoms with E-state index in [9.17, 15) is 18.0 Å². The van der Waals surface area contributed by atoms with E-state index in [0.29, 0.717) is 30.5 Å². The second-order valence-electron chi connectivity index (χ2n) is 7.22. The maximum Gasteiger partial charge on any atom is 0.416 e. The summed E-state index contributed by atoms with van der Waals surface area (Å²) >= 11 is 1.62. The molecule has 0 unspecified atom stereocenters. The van der Waals surface area contributed by atoms with Crippen LogP contribution in [-0.2, 0) is 15.7 Å². The van der Waals surface area contributed by atoms with E-state index in [0.717, 1.165) is 33.7 Å². The standard InChI is InChI=1S/C24H27F3O4S/c1-5-29-23(28)14-31-22-11-10-21(12-17(22)4)32-15-18(16(2)3)13-30-20-8-6-19(7-9-20)24(25,26)27/h6-12H,5,13-15H2,1-4H3. The minimum atomic E-state index is -4.36. The molecule has 0 atom stereocenters. The molecule has 0 saturated carbocycles. The molecule has 0 spiro atoms. The minimum absolute atomic E-state index is 0.135. The SMILES string of the molecule is CCOC(=O)COc1ccc(SCC(COc2ccc(C(F)(F)F)cc2)=C(C)C)cc1C. The lowest BCUT2D eigenvalue weighted by Gasteiger charge is -2.14. The Kier molecular flexibility index (Phi) is 9.50. The first-order valence-electron chi connectivity index (χ1n) is 10.1. The Morgan fingerprint density at radius 1 is 1.00 bits per heavy atom. The molecule has 0 N–H and O–H groups in total. The molecular formula is C24H27F3O4S. The molecule has 0 aliphatic heterocycles. The van der Waals surface area contributed by atoms with Crippen LogP contribution in [0.5, 0.6) is 11.5 Å². The molecular weight excluding hydrogens is 441 g/mol. The number of hydrogen-bond acceptors (Lipinski definition) is 5. The average Bonchev–Trinajstić information content (AvgIpc) is 2.72. The van der Waals surface area contributed by atoms with Crippen LogP contribution in [0.3, 0.4) is 0 Å². The topological polar surface area (TPSA) is 44.8 Å². The van der Waals surface area contributed by atoms with E-state index in [-0.39, 0.29) is 6.61 Å². The second-order valence-corrected chi connectivity index (χ2v) is 8.27. The highest BCUT2D eigenvalue weighted by molar-refractivity contribution is 7.99. The van der Waals surface area contributed by atoms with E-state index < -0.39 is 17.7 Å². The number of thioether (sulfide) groups is 1. The summed E-state index contributed by atoms with van der Waals surface area (Å²) in [6, 6.07) is 10.4. The summed E-state index contributed by atoms with van der Waals surface area (Å²) in [5.74, 6) is 1.27. The zero-order valence-electron chi connectivity index (χ0n) is 18.5. The number of alkyl halides is 3. The fraction of sp³-hybridized carbons (Fsp3) is 0.375. The number of rotatable bonds is 10.